The smallest absolute Gasteiger partial charge is 0.407 e. The monoisotopic (exact) mass is 576 g/mol. The fraction of sp³-hybridized carbons (Fsp3) is 0.407. The van der Waals surface area contributed by atoms with E-state index >= 15 is 0 Å². The van der Waals surface area contributed by atoms with E-state index in [1.165, 1.54) is 14.2 Å². The van der Waals surface area contributed by atoms with Crippen molar-refractivity contribution in [2.24, 2.45) is 5.92 Å². The van der Waals surface area contributed by atoms with E-state index in [4.69, 9.17) is 37.4 Å². The van der Waals surface area contributed by atoms with Crippen LogP contribution in [-0.2, 0) is 9.53 Å². The van der Waals surface area contributed by atoms with Crippen molar-refractivity contribution < 1.29 is 28.9 Å². The predicted octanol–water partition coefficient (Wildman–Crippen LogP) is 5.79. The number of ether oxygens (including phenoxy) is 3. The molecule has 0 saturated heterocycles. The maximum Gasteiger partial charge on any atom is 0.407 e. The first kappa shape index (κ1) is 28.5. The quantitative estimate of drug-likeness (QED) is 0.319. The molecule has 39 heavy (non-hydrogen) atoms. The van der Waals surface area contributed by atoms with Crippen LogP contribution < -0.4 is 20.1 Å². The second-order valence-corrected chi connectivity index (χ2v) is 11.0. The number of hydrogen-bond acceptors (Lipinski definition) is 8. The number of halogens is 2. The minimum absolute atomic E-state index is 0.259. The molecular weight excluding hydrogens is 547 g/mol. The first-order chi connectivity index (χ1) is 18.4. The minimum atomic E-state index is -0.922. The summed E-state index contributed by atoms with van der Waals surface area (Å²) in [5.74, 6) is -0.390. The van der Waals surface area contributed by atoms with Gasteiger partial charge in [0.05, 0.1) is 47.8 Å². The summed E-state index contributed by atoms with van der Waals surface area (Å²) < 4.78 is 16.1. The van der Waals surface area contributed by atoms with Crippen molar-refractivity contribution in [2.45, 2.75) is 51.3 Å². The summed E-state index contributed by atoms with van der Waals surface area (Å²) in [6, 6.07) is 6.23. The van der Waals surface area contributed by atoms with Gasteiger partial charge in [-0.25, -0.2) is 14.8 Å². The topological polar surface area (TPSA) is 132 Å². The van der Waals surface area contributed by atoms with E-state index in [2.05, 4.69) is 20.6 Å². The third-order valence-corrected chi connectivity index (χ3v) is 7.12. The summed E-state index contributed by atoms with van der Waals surface area (Å²) in [5.41, 5.74) is 1.24. The van der Waals surface area contributed by atoms with Gasteiger partial charge in [-0.1, -0.05) is 29.3 Å². The molecule has 1 aliphatic rings. The van der Waals surface area contributed by atoms with Gasteiger partial charge in [0.15, 0.2) is 0 Å². The second kappa shape index (κ2) is 11.3. The molecule has 3 unspecified atom stereocenters. The highest BCUT2D eigenvalue weighted by Crippen LogP contribution is 2.46. The molecule has 2 aromatic carbocycles. The SMILES string of the molecule is COc1cc(OC)c(Cl)c(-c2ccc3nc(NC4CC(C(=O)O)CC4NC(=O)OC(C)(C)C)ncc3c2)c1Cl. The van der Waals surface area contributed by atoms with Gasteiger partial charge in [-0.15, -0.1) is 0 Å². The number of carbonyl (C=O) groups excluding carboxylic acids is 1. The second-order valence-electron chi connectivity index (χ2n) is 10.3. The van der Waals surface area contributed by atoms with Gasteiger partial charge >= 0.3 is 12.1 Å². The zero-order valence-electron chi connectivity index (χ0n) is 22.2. The van der Waals surface area contributed by atoms with Gasteiger partial charge in [-0.3, -0.25) is 4.79 Å². The van der Waals surface area contributed by atoms with E-state index in [0.29, 0.717) is 45.0 Å². The Kier molecular flexibility index (Phi) is 8.27. The number of anilines is 1. The lowest BCUT2D eigenvalue weighted by Crippen LogP contribution is -2.45. The molecule has 0 bridgehead atoms. The Labute approximate surface area is 236 Å². The van der Waals surface area contributed by atoms with Crippen LogP contribution in [0.1, 0.15) is 33.6 Å². The van der Waals surface area contributed by atoms with Crippen molar-refractivity contribution in [2.75, 3.05) is 19.5 Å². The molecule has 3 atom stereocenters. The first-order valence-electron chi connectivity index (χ1n) is 12.3. The number of carboxylic acid groups (broad SMARTS) is 1. The van der Waals surface area contributed by atoms with Crippen LogP contribution in [0.4, 0.5) is 10.7 Å². The van der Waals surface area contributed by atoms with E-state index < -0.39 is 35.7 Å². The van der Waals surface area contributed by atoms with Gasteiger partial charge in [0.1, 0.15) is 17.1 Å². The lowest BCUT2D eigenvalue weighted by Gasteiger charge is -2.25. The van der Waals surface area contributed by atoms with Crippen molar-refractivity contribution >= 4 is 52.1 Å². The number of benzene rings is 2. The third-order valence-electron chi connectivity index (χ3n) is 6.37. The van der Waals surface area contributed by atoms with Crippen LogP contribution in [0, 0.1) is 5.92 Å². The summed E-state index contributed by atoms with van der Waals surface area (Å²) >= 11 is 13.2. The number of rotatable bonds is 7. The Balaban J connectivity index is 1.60. The van der Waals surface area contributed by atoms with E-state index in [-0.39, 0.29) is 6.42 Å². The van der Waals surface area contributed by atoms with Crippen molar-refractivity contribution in [1.29, 1.82) is 0 Å². The van der Waals surface area contributed by atoms with Crippen LogP contribution in [0.5, 0.6) is 11.5 Å². The number of amides is 1. The average molecular weight is 577 g/mol. The minimum Gasteiger partial charge on any atom is -0.495 e. The van der Waals surface area contributed by atoms with Crippen LogP contribution in [0.25, 0.3) is 22.0 Å². The zero-order chi connectivity index (χ0) is 28.5. The van der Waals surface area contributed by atoms with Gasteiger partial charge in [0.2, 0.25) is 5.95 Å². The standard InChI is InChI=1S/C27H30Cl2N4O6/c1-27(2,3)39-26(36)33-18-10-14(24(34)35)9-17(18)32-25-30-12-15-8-13(6-7-16(15)31-25)21-22(28)19(37-4)11-20(38-5)23(21)29/h6-8,11-12,14,17-18H,9-10H2,1-5H3,(H,33,36)(H,34,35)(H,30,31,32). The number of nitrogens with one attached hydrogen (secondary N) is 2. The Morgan fingerprint density at radius 2 is 1.67 bits per heavy atom. The fourth-order valence-corrected chi connectivity index (χ4v) is 5.30. The molecule has 10 nitrogen and oxygen atoms in total. The third kappa shape index (κ3) is 6.39. The molecule has 4 rings (SSSR count). The maximum atomic E-state index is 12.4. The number of methoxy groups -OCH3 is 2. The zero-order valence-corrected chi connectivity index (χ0v) is 23.7. The molecule has 0 spiro atoms. The summed E-state index contributed by atoms with van der Waals surface area (Å²) in [4.78, 5) is 33.1. The summed E-state index contributed by atoms with van der Waals surface area (Å²) in [5, 5.41) is 17.0. The van der Waals surface area contributed by atoms with Crippen LogP contribution in [0.15, 0.2) is 30.5 Å². The number of carbonyl (C=O) groups is 2. The number of alkyl carbamates (subject to hydrolysis) is 1. The van der Waals surface area contributed by atoms with E-state index in [1.54, 1.807) is 39.1 Å². The molecule has 1 aliphatic carbocycles. The van der Waals surface area contributed by atoms with Gasteiger partial charge in [0, 0.05) is 23.2 Å². The number of hydrogen-bond donors (Lipinski definition) is 3. The van der Waals surface area contributed by atoms with Gasteiger partial charge in [-0.05, 0) is 51.3 Å². The number of aromatic nitrogens is 2. The van der Waals surface area contributed by atoms with Crippen LogP contribution >= 0.6 is 23.2 Å². The molecule has 1 aromatic heterocycles. The van der Waals surface area contributed by atoms with Gasteiger partial charge in [0.25, 0.3) is 0 Å². The number of nitrogens with zero attached hydrogens (tertiary/aromatic N) is 2. The first-order valence-corrected chi connectivity index (χ1v) is 13.0. The molecule has 1 amide bonds. The highest BCUT2D eigenvalue weighted by molar-refractivity contribution is 6.41. The molecule has 3 aromatic rings. The normalized spacial score (nSPS) is 19.0. The molecule has 1 fully saturated rings. The number of fused-ring (bicyclic) bond motifs is 1. The van der Waals surface area contributed by atoms with Crippen LogP contribution in [0.2, 0.25) is 10.0 Å². The number of carboxylic acids is 1. The lowest BCUT2D eigenvalue weighted by atomic mass is 10.0. The average Bonchev–Trinajstić information content (AvgIpc) is 3.25. The molecule has 1 heterocycles. The van der Waals surface area contributed by atoms with E-state index in [9.17, 15) is 14.7 Å². The van der Waals surface area contributed by atoms with Gasteiger partial charge < -0.3 is 30.0 Å². The van der Waals surface area contributed by atoms with Crippen molar-refractivity contribution in [3.05, 3.63) is 40.5 Å². The summed E-state index contributed by atoms with van der Waals surface area (Å²) in [7, 11) is 3.02. The Bertz CT molecular complexity index is 1380. The molecule has 12 heteroatoms. The summed E-state index contributed by atoms with van der Waals surface area (Å²) in [6.07, 6.45) is 1.59. The highest BCUT2D eigenvalue weighted by atomic mass is 35.5. The summed E-state index contributed by atoms with van der Waals surface area (Å²) in [6.45, 7) is 5.29. The van der Waals surface area contributed by atoms with Crippen molar-refractivity contribution in [3.63, 3.8) is 0 Å². The lowest BCUT2D eigenvalue weighted by molar-refractivity contribution is -0.141. The largest absolute Gasteiger partial charge is 0.495 e. The van der Waals surface area contributed by atoms with E-state index in [1.807, 2.05) is 12.1 Å². The Morgan fingerprint density at radius 1 is 1.03 bits per heavy atom. The van der Waals surface area contributed by atoms with Crippen LogP contribution in [-0.4, -0.2) is 59.0 Å². The van der Waals surface area contributed by atoms with Crippen molar-refractivity contribution in [1.82, 2.24) is 15.3 Å². The van der Waals surface area contributed by atoms with Crippen molar-refractivity contribution in [3.8, 4) is 22.6 Å². The predicted molar refractivity (Wildman–Crippen MR) is 149 cm³/mol. The molecule has 0 radical (unpaired) electrons. The molecule has 208 valence electrons. The Hall–Kier alpha value is -3.50. The molecule has 1 saturated carbocycles. The molecule has 3 N–H and O–H groups in total. The number of aliphatic carboxylic acids is 1. The van der Waals surface area contributed by atoms with Gasteiger partial charge in [-0.2, -0.15) is 0 Å². The molecule has 0 aliphatic heterocycles. The molecular formula is C27H30Cl2N4O6. The Morgan fingerprint density at radius 3 is 2.26 bits per heavy atom. The van der Waals surface area contributed by atoms with E-state index in [0.717, 1.165) is 10.9 Å². The maximum absolute atomic E-state index is 12.4. The fourth-order valence-electron chi connectivity index (χ4n) is 4.58. The van der Waals surface area contributed by atoms with Crippen LogP contribution in [0.3, 0.4) is 0 Å². The highest BCUT2D eigenvalue weighted by Gasteiger charge is 2.40.